The minimum Gasteiger partial charge on any atom is -0.331 e. The van der Waals surface area contributed by atoms with Crippen LogP contribution in [0.4, 0.5) is 5.69 Å². The molecule has 0 saturated heterocycles. The molecule has 100 valence electrons. The van der Waals surface area contributed by atoms with Gasteiger partial charge in [0.05, 0.1) is 11.0 Å². The second-order valence-corrected chi connectivity index (χ2v) is 5.50. The Balaban J connectivity index is 1.76. The Morgan fingerprint density at radius 2 is 2.00 bits per heavy atom. The quantitative estimate of drug-likeness (QED) is 0.693. The Bertz CT molecular complexity index is 768. The smallest absolute Gasteiger partial charge is 0.190 e. The van der Waals surface area contributed by atoms with E-state index >= 15 is 0 Å². The molecule has 0 bridgehead atoms. The van der Waals surface area contributed by atoms with E-state index in [1.165, 1.54) is 0 Å². The van der Waals surface area contributed by atoms with Crippen LogP contribution in [0.5, 0.6) is 0 Å². The van der Waals surface area contributed by atoms with Gasteiger partial charge in [0.1, 0.15) is 6.33 Å². The number of anilines is 1. The van der Waals surface area contributed by atoms with Crippen molar-refractivity contribution in [2.45, 2.75) is 0 Å². The summed E-state index contributed by atoms with van der Waals surface area (Å²) < 4.78 is 2.79. The van der Waals surface area contributed by atoms with E-state index in [9.17, 15) is 0 Å². The molecule has 0 aliphatic heterocycles. The molecule has 0 atom stereocenters. The summed E-state index contributed by atoms with van der Waals surface area (Å²) in [7, 11) is 0. The van der Waals surface area contributed by atoms with Gasteiger partial charge in [-0.25, -0.2) is 9.66 Å². The highest BCUT2D eigenvalue weighted by molar-refractivity contribution is 9.10. The van der Waals surface area contributed by atoms with Crippen molar-refractivity contribution in [3.05, 3.63) is 59.3 Å². The summed E-state index contributed by atoms with van der Waals surface area (Å²) in [5, 5.41) is 3.63. The van der Waals surface area contributed by atoms with Crippen LogP contribution < -0.4 is 10.7 Å². The second-order valence-electron chi connectivity index (χ2n) is 4.18. The van der Waals surface area contributed by atoms with Crippen molar-refractivity contribution in [1.29, 1.82) is 0 Å². The third kappa shape index (κ3) is 2.81. The number of benzene rings is 2. The van der Waals surface area contributed by atoms with Crippen LogP contribution in [-0.2, 0) is 0 Å². The van der Waals surface area contributed by atoms with Crippen LogP contribution in [0.3, 0.4) is 0 Å². The third-order valence-electron chi connectivity index (χ3n) is 2.76. The van der Waals surface area contributed by atoms with Crippen molar-refractivity contribution in [3.63, 3.8) is 0 Å². The van der Waals surface area contributed by atoms with Crippen LogP contribution in [0.15, 0.2) is 59.3 Å². The van der Waals surface area contributed by atoms with Crippen molar-refractivity contribution >= 4 is 50.0 Å². The molecule has 0 unspecified atom stereocenters. The number of hydrogen-bond donors (Lipinski definition) is 2. The summed E-state index contributed by atoms with van der Waals surface area (Å²) in [5.74, 6) is 0. The standard InChI is InChI=1S/C14H11BrN4S/c15-10-4-3-5-11(8-10)17-14(20)18-19-9-16-12-6-1-2-7-13(12)19/h1-9H,(H2,17,18,20). The van der Waals surface area contributed by atoms with Crippen LogP contribution in [-0.4, -0.2) is 14.8 Å². The topological polar surface area (TPSA) is 41.9 Å². The third-order valence-corrected chi connectivity index (χ3v) is 3.44. The van der Waals surface area contributed by atoms with Gasteiger partial charge in [-0.15, -0.1) is 0 Å². The minimum atomic E-state index is 0.506. The average Bonchev–Trinajstić information content (AvgIpc) is 2.82. The lowest BCUT2D eigenvalue weighted by molar-refractivity contribution is 1.01. The van der Waals surface area contributed by atoms with Crippen molar-refractivity contribution in [2.24, 2.45) is 0 Å². The van der Waals surface area contributed by atoms with Gasteiger partial charge in [-0.2, -0.15) is 0 Å². The first-order chi connectivity index (χ1) is 9.72. The van der Waals surface area contributed by atoms with Crippen LogP contribution in [0, 0.1) is 0 Å². The molecule has 6 heteroatoms. The van der Waals surface area contributed by atoms with Gasteiger partial charge in [0.15, 0.2) is 5.11 Å². The number of para-hydroxylation sites is 2. The maximum Gasteiger partial charge on any atom is 0.190 e. The number of aromatic nitrogens is 2. The largest absolute Gasteiger partial charge is 0.331 e. The van der Waals surface area contributed by atoms with E-state index in [1.54, 1.807) is 11.0 Å². The van der Waals surface area contributed by atoms with Gasteiger partial charge in [0.25, 0.3) is 0 Å². The van der Waals surface area contributed by atoms with Gasteiger partial charge in [0.2, 0.25) is 0 Å². The number of halogens is 1. The van der Waals surface area contributed by atoms with E-state index in [-0.39, 0.29) is 0 Å². The monoisotopic (exact) mass is 346 g/mol. The zero-order valence-electron chi connectivity index (χ0n) is 10.4. The van der Waals surface area contributed by atoms with Gasteiger partial charge in [-0.3, -0.25) is 5.43 Å². The summed E-state index contributed by atoms with van der Waals surface area (Å²) in [6.45, 7) is 0. The van der Waals surface area contributed by atoms with E-state index in [1.807, 2.05) is 48.5 Å². The highest BCUT2D eigenvalue weighted by atomic mass is 79.9. The van der Waals surface area contributed by atoms with Crippen molar-refractivity contribution in [3.8, 4) is 0 Å². The van der Waals surface area contributed by atoms with Crippen molar-refractivity contribution < 1.29 is 0 Å². The van der Waals surface area contributed by atoms with Gasteiger partial charge < -0.3 is 5.32 Å². The van der Waals surface area contributed by atoms with Crippen LogP contribution in [0.2, 0.25) is 0 Å². The first-order valence-electron chi connectivity index (χ1n) is 5.98. The molecule has 0 spiro atoms. The molecule has 4 nitrogen and oxygen atoms in total. The highest BCUT2D eigenvalue weighted by Gasteiger charge is 2.03. The zero-order chi connectivity index (χ0) is 13.9. The Hall–Kier alpha value is -1.92. The Morgan fingerprint density at radius 3 is 2.85 bits per heavy atom. The molecule has 3 aromatic rings. The normalized spacial score (nSPS) is 10.4. The summed E-state index contributed by atoms with van der Waals surface area (Å²) in [5.41, 5.74) is 5.91. The number of imidazole rings is 1. The fourth-order valence-corrected chi connectivity index (χ4v) is 2.50. The summed E-state index contributed by atoms with van der Waals surface area (Å²) in [6.07, 6.45) is 1.71. The first kappa shape index (κ1) is 13.1. The van der Waals surface area contributed by atoms with Gasteiger partial charge >= 0.3 is 0 Å². The minimum absolute atomic E-state index is 0.506. The molecular weight excluding hydrogens is 336 g/mol. The zero-order valence-corrected chi connectivity index (χ0v) is 12.8. The molecule has 0 amide bonds. The molecular formula is C14H11BrN4S. The van der Waals surface area contributed by atoms with Crippen LogP contribution in [0.1, 0.15) is 0 Å². The number of nitrogens with zero attached hydrogens (tertiary/aromatic N) is 2. The lowest BCUT2D eigenvalue weighted by atomic mass is 10.3. The van der Waals surface area contributed by atoms with Gasteiger partial charge in [-0.05, 0) is 42.5 Å². The van der Waals surface area contributed by atoms with Crippen LogP contribution >= 0.6 is 28.1 Å². The van der Waals surface area contributed by atoms with E-state index in [2.05, 4.69) is 31.7 Å². The molecule has 2 aromatic carbocycles. The van der Waals surface area contributed by atoms with Crippen molar-refractivity contribution in [1.82, 2.24) is 9.66 Å². The number of nitrogens with one attached hydrogen (secondary N) is 2. The molecule has 1 aromatic heterocycles. The molecule has 1 heterocycles. The molecule has 0 aliphatic rings. The Morgan fingerprint density at radius 1 is 1.15 bits per heavy atom. The van der Waals surface area contributed by atoms with Crippen molar-refractivity contribution in [2.75, 3.05) is 10.7 Å². The number of rotatable bonds is 2. The van der Waals surface area contributed by atoms with Crippen LogP contribution in [0.25, 0.3) is 11.0 Å². The Kier molecular flexibility index (Phi) is 3.66. The molecule has 2 N–H and O–H groups in total. The summed E-state index contributed by atoms with van der Waals surface area (Å²) >= 11 is 8.73. The number of fused-ring (bicyclic) bond motifs is 1. The molecule has 0 saturated carbocycles. The molecule has 20 heavy (non-hydrogen) atoms. The maximum absolute atomic E-state index is 5.30. The van der Waals surface area contributed by atoms with E-state index in [4.69, 9.17) is 12.2 Å². The van der Waals surface area contributed by atoms with E-state index in [0.29, 0.717) is 5.11 Å². The summed E-state index contributed by atoms with van der Waals surface area (Å²) in [4.78, 5) is 4.30. The lowest BCUT2D eigenvalue weighted by Crippen LogP contribution is -2.26. The van der Waals surface area contributed by atoms with E-state index in [0.717, 1.165) is 21.2 Å². The highest BCUT2D eigenvalue weighted by Crippen LogP contribution is 2.16. The number of thiocarbonyl (C=S) groups is 1. The summed E-state index contributed by atoms with van der Waals surface area (Å²) in [6, 6.07) is 15.7. The second kappa shape index (κ2) is 5.60. The maximum atomic E-state index is 5.30. The average molecular weight is 347 g/mol. The fraction of sp³-hybridized carbons (Fsp3) is 0. The SMILES string of the molecule is S=C(Nc1cccc(Br)c1)Nn1cnc2ccccc21. The Labute approximate surface area is 129 Å². The lowest BCUT2D eigenvalue weighted by Gasteiger charge is -2.11. The predicted octanol–water partition coefficient (Wildman–Crippen LogP) is 3.74. The van der Waals surface area contributed by atoms with Gasteiger partial charge in [0, 0.05) is 10.2 Å². The molecule has 0 radical (unpaired) electrons. The van der Waals surface area contributed by atoms with E-state index < -0.39 is 0 Å². The molecule has 3 rings (SSSR count). The molecule has 0 aliphatic carbocycles. The number of hydrogen-bond acceptors (Lipinski definition) is 2. The predicted molar refractivity (Wildman–Crippen MR) is 89.5 cm³/mol. The fourth-order valence-electron chi connectivity index (χ4n) is 1.88. The molecule has 0 fully saturated rings. The van der Waals surface area contributed by atoms with Gasteiger partial charge in [-0.1, -0.05) is 34.1 Å². The first-order valence-corrected chi connectivity index (χ1v) is 7.18.